The molecule has 1 aliphatic rings. The number of nitrogens with one attached hydrogen (secondary N) is 1. The van der Waals surface area contributed by atoms with Crippen molar-refractivity contribution in [2.24, 2.45) is 10.9 Å². The van der Waals surface area contributed by atoms with Crippen molar-refractivity contribution in [3.63, 3.8) is 0 Å². The van der Waals surface area contributed by atoms with Crippen molar-refractivity contribution in [2.45, 2.75) is 40.2 Å². The van der Waals surface area contributed by atoms with Gasteiger partial charge in [-0.15, -0.1) is 35.3 Å². The molecule has 1 atom stereocenters. The van der Waals surface area contributed by atoms with Crippen LogP contribution in [0.5, 0.6) is 0 Å². The second-order valence-electron chi connectivity index (χ2n) is 6.06. The van der Waals surface area contributed by atoms with Crippen LogP contribution in [0.2, 0.25) is 0 Å². The molecule has 1 aliphatic heterocycles. The van der Waals surface area contributed by atoms with Crippen LogP contribution in [0, 0.1) is 5.92 Å². The number of hydrogen-bond donors (Lipinski definition) is 1. The average molecular weight is 465 g/mol. The average Bonchev–Trinajstić information content (AvgIpc) is 3.22. The first-order valence-electron chi connectivity index (χ1n) is 8.81. The van der Waals surface area contributed by atoms with Gasteiger partial charge in [0.25, 0.3) is 0 Å². The molecule has 1 N–H and O–H groups in total. The topological polar surface area (TPSA) is 43.8 Å². The van der Waals surface area contributed by atoms with E-state index in [9.17, 15) is 0 Å². The van der Waals surface area contributed by atoms with Crippen LogP contribution < -0.4 is 5.32 Å². The summed E-state index contributed by atoms with van der Waals surface area (Å²) < 4.78 is 0. The fraction of sp³-hybridized carbons (Fsp3) is 0.765. The molecule has 0 aromatic carbocycles. The Bertz CT molecular complexity index is 501. The van der Waals surface area contributed by atoms with Gasteiger partial charge in [0.15, 0.2) is 5.96 Å². The quantitative estimate of drug-likeness (QED) is 0.382. The van der Waals surface area contributed by atoms with E-state index in [1.807, 2.05) is 13.2 Å². The largest absolute Gasteiger partial charge is 0.350 e. The fourth-order valence-electron chi connectivity index (χ4n) is 3.10. The van der Waals surface area contributed by atoms with E-state index in [2.05, 4.69) is 45.9 Å². The normalized spacial score (nSPS) is 18.1. The minimum absolute atomic E-state index is 0. The predicted octanol–water partition coefficient (Wildman–Crippen LogP) is 3.06. The Morgan fingerprint density at radius 1 is 1.42 bits per heavy atom. The van der Waals surface area contributed by atoms with Crippen molar-refractivity contribution in [1.82, 2.24) is 20.1 Å². The zero-order valence-electron chi connectivity index (χ0n) is 15.4. The number of aliphatic imine (C=N–C) groups is 1. The lowest BCUT2D eigenvalue weighted by molar-refractivity contribution is 0.255. The van der Waals surface area contributed by atoms with E-state index in [-0.39, 0.29) is 24.0 Å². The predicted molar refractivity (Wildman–Crippen MR) is 115 cm³/mol. The Morgan fingerprint density at radius 2 is 2.17 bits per heavy atom. The first-order chi connectivity index (χ1) is 11.2. The van der Waals surface area contributed by atoms with Crippen LogP contribution in [-0.4, -0.2) is 60.5 Å². The highest BCUT2D eigenvalue weighted by Crippen LogP contribution is 2.18. The number of rotatable bonds is 7. The van der Waals surface area contributed by atoms with Gasteiger partial charge in [-0.05, 0) is 31.8 Å². The van der Waals surface area contributed by atoms with Gasteiger partial charge in [-0.1, -0.05) is 20.8 Å². The van der Waals surface area contributed by atoms with E-state index in [1.54, 1.807) is 11.3 Å². The molecule has 24 heavy (non-hydrogen) atoms. The molecule has 0 bridgehead atoms. The summed E-state index contributed by atoms with van der Waals surface area (Å²) in [7, 11) is 1.87. The van der Waals surface area contributed by atoms with E-state index in [0.29, 0.717) is 0 Å². The first-order valence-corrected chi connectivity index (χ1v) is 9.63. The lowest BCUT2D eigenvalue weighted by atomic mass is 10.1. The summed E-state index contributed by atoms with van der Waals surface area (Å²) in [5.41, 5.74) is 0. The van der Waals surface area contributed by atoms with Gasteiger partial charge < -0.3 is 15.1 Å². The summed E-state index contributed by atoms with van der Waals surface area (Å²) in [5, 5.41) is 4.62. The van der Waals surface area contributed by atoms with Crippen LogP contribution in [0.3, 0.4) is 0 Å². The van der Waals surface area contributed by atoms with Gasteiger partial charge in [0.2, 0.25) is 0 Å². The summed E-state index contributed by atoms with van der Waals surface area (Å²) in [5.74, 6) is 1.76. The molecule has 1 unspecified atom stereocenters. The van der Waals surface area contributed by atoms with Crippen LogP contribution >= 0.6 is 35.3 Å². The summed E-state index contributed by atoms with van der Waals surface area (Å²) in [6.07, 6.45) is 4.31. The monoisotopic (exact) mass is 465 g/mol. The molecule has 0 aliphatic carbocycles. The number of guanidine groups is 1. The number of aryl methyl sites for hydroxylation is 1. The number of aromatic nitrogens is 1. The second-order valence-corrected chi connectivity index (χ2v) is 7.26. The van der Waals surface area contributed by atoms with E-state index >= 15 is 0 Å². The third-order valence-electron chi connectivity index (χ3n) is 4.56. The van der Waals surface area contributed by atoms with Crippen LogP contribution in [0.4, 0.5) is 0 Å². The van der Waals surface area contributed by atoms with Crippen molar-refractivity contribution >= 4 is 41.3 Å². The van der Waals surface area contributed by atoms with Gasteiger partial charge in [-0.3, -0.25) is 4.99 Å². The van der Waals surface area contributed by atoms with Gasteiger partial charge in [0.05, 0.1) is 6.54 Å². The highest BCUT2D eigenvalue weighted by atomic mass is 127. The zero-order chi connectivity index (χ0) is 16.7. The molecular weight excluding hydrogens is 433 g/mol. The van der Waals surface area contributed by atoms with Gasteiger partial charge >= 0.3 is 0 Å². The molecule has 138 valence electrons. The maximum absolute atomic E-state index is 4.47. The third-order valence-corrected chi connectivity index (χ3v) is 5.70. The van der Waals surface area contributed by atoms with Crippen molar-refractivity contribution in [1.29, 1.82) is 0 Å². The van der Waals surface area contributed by atoms with Crippen molar-refractivity contribution in [2.75, 3.05) is 39.8 Å². The van der Waals surface area contributed by atoms with Crippen molar-refractivity contribution < 1.29 is 0 Å². The Labute approximate surface area is 168 Å². The highest BCUT2D eigenvalue weighted by molar-refractivity contribution is 14.0. The lowest BCUT2D eigenvalue weighted by Crippen LogP contribution is -2.40. The standard InChI is InChI=1S/C17H31N5S.HI/c1-5-15-10-19-16(23-15)11-20-17(18-4)22-9-8-14(13-22)12-21(6-2)7-3;/h10,14H,5-9,11-13H2,1-4H3,(H,18,20);1H. The van der Waals surface area contributed by atoms with Gasteiger partial charge in [0.1, 0.15) is 5.01 Å². The highest BCUT2D eigenvalue weighted by Gasteiger charge is 2.25. The molecule has 0 saturated carbocycles. The third kappa shape index (κ3) is 6.15. The fourth-order valence-corrected chi connectivity index (χ4v) is 3.90. The minimum atomic E-state index is 0. The van der Waals surface area contributed by atoms with Crippen LogP contribution in [0.15, 0.2) is 11.2 Å². The molecule has 0 radical (unpaired) electrons. The van der Waals surface area contributed by atoms with Crippen molar-refractivity contribution in [3.8, 4) is 0 Å². The van der Waals surface area contributed by atoms with E-state index in [4.69, 9.17) is 0 Å². The lowest BCUT2D eigenvalue weighted by Gasteiger charge is -2.24. The maximum atomic E-state index is 4.47. The van der Waals surface area contributed by atoms with E-state index < -0.39 is 0 Å². The van der Waals surface area contributed by atoms with Crippen LogP contribution in [-0.2, 0) is 13.0 Å². The summed E-state index contributed by atoms with van der Waals surface area (Å²) in [6, 6.07) is 0. The Balaban J connectivity index is 0.00000288. The molecule has 0 spiro atoms. The SMILES string of the molecule is CCc1cnc(CNC(=NC)N2CCC(CN(CC)CC)C2)s1.I. The van der Waals surface area contributed by atoms with Crippen LogP contribution in [0.1, 0.15) is 37.1 Å². The molecular formula is C17H32IN5S. The Hall–Kier alpha value is -0.410. The number of thiazole rings is 1. The molecule has 1 aromatic heterocycles. The van der Waals surface area contributed by atoms with Gasteiger partial charge in [-0.2, -0.15) is 0 Å². The van der Waals surface area contributed by atoms with Crippen LogP contribution in [0.25, 0.3) is 0 Å². The molecule has 2 heterocycles. The van der Waals surface area contributed by atoms with Crippen molar-refractivity contribution in [3.05, 3.63) is 16.1 Å². The second kappa shape index (κ2) is 11.3. The molecule has 1 saturated heterocycles. The van der Waals surface area contributed by atoms with E-state index in [0.717, 1.165) is 56.0 Å². The number of halogens is 1. The summed E-state index contributed by atoms with van der Waals surface area (Å²) in [6.45, 7) is 13.1. The van der Waals surface area contributed by atoms with E-state index in [1.165, 1.54) is 17.8 Å². The summed E-state index contributed by atoms with van der Waals surface area (Å²) in [4.78, 5) is 15.2. The van der Waals surface area contributed by atoms with Gasteiger partial charge in [0, 0.05) is 37.8 Å². The zero-order valence-corrected chi connectivity index (χ0v) is 18.6. The van der Waals surface area contributed by atoms with Gasteiger partial charge in [-0.25, -0.2) is 4.98 Å². The Morgan fingerprint density at radius 3 is 2.75 bits per heavy atom. The number of nitrogens with zero attached hydrogens (tertiary/aromatic N) is 4. The molecule has 1 aromatic rings. The molecule has 2 rings (SSSR count). The molecule has 0 amide bonds. The maximum Gasteiger partial charge on any atom is 0.194 e. The number of hydrogen-bond acceptors (Lipinski definition) is 4. The molecule has 5 nitrogen and oxygen atoms in total. The molecule has 1 fully saturated rings. The smallest absolute Gasteiger partial charge is 0.194 e. The molecule has 7 heteroatoms. The number of likely N-dealkylation sites (tertiary alicyclic amines) is 1. The minimum Gasteiger partial charge on any atom is -0.350 e. The summed E-state index contributed by atoms with van der Waals surface area (Å²) >= 11 is 1.79. The first kappa shape index (κ1) is 21.6. The Kier molecular flexibility index (Phi) is 10.1.